The van der Waals surface area contributed by atoms with Gasteiger partial charge in [-0.25, -0.2) is 9.59 Å². The Labute approximate surface area is 150 Å². The van der Waals surface area contributed by atoms with Crippen LogP contribution in [0.3, 0.4) is 0 Å². The molecule has 0 amide bonds. The third-order valence-corrected chi connectivity index (χ3v) is 4.06. The van der Waals surface area contributed by atoms with E-state index in [0.29, 0.717) is 11.1 Å². The van der Waals surface area contributed by atoms with Gasteiger partial charge in [0.2, 0.25) is 0 Å². The molecule has 0 saturated heterocycles. The minimum atomic E-state index is -0.521. The highest BCUT2D eigenvalue weighted by molar-refractivity contribution is 9.10. The number of esters is 2. The smallest absolute Gasteiger partial charge is 0.336 e. The minimum Gasteiger partial charge on any atom is -0.463 e. The van der Waals surface area contributed by atoms with Crippen LogP contribution in [-0.4, -0.2) is 37.1 Å². The van der Waals surface area contributed by atoms with Crippen LogP contribution < -0.4 is 0 Å². The van der Waals surface area contributed by atoms with Gasteiger partial charge in [0, 0.05) is 23.9 Å². The van der Waals surface area contributed by atoms with Crippen molar-refractivity contribution in [3.8, 4) is 0 Å². The van der Waals surface area contributed by atoms with E-state index in [2.05, 4.69) is 15.9 Å². The molecule has 0 bridgehead atoms. The Hall–Kier alpha value is -2.08. The normalized spacial score (nSPS) is 14.8. The van der Waals surface area contributed by atoms with Gasteiger partial charge in [0.25, 0.3) is 0 Å². The molecule has 1 aliphatic rings. The summed E-state index contributed by atoms with van der Waals surface area (Å²) in [6.07, 6.45) is 3.38. The zero-order chi connectivity index (χ0) is 17.7. The molecule has 6 heteroatoms. The third-order valence-electron chi connectivity index (χ3n) is 3.53. The molecule has 24 heavy (non-hydrogen) atoms. The van der Waals surface area contributed by atoms with Gasteiger partial charge in [-0.15, -0.1) is 0 Å². The Morgan fingerprint density at radius 1 is 1.00 bits per heavy atom. The monoisotopic (exact) mass is 393 g/mol. The van der Waals surface area contributed by atoms with Gasteiger partial charge >= 0.3 is 11.9 Å². The van der Waals surface area contributed by atoms with Crippen molar-refractivity contribution in [1.29, 1.82) is 0 Å². The van der Waals surface area contributed by atoms with E-state index in [-0.39, 0.29) is 13.2 Å². The van der Waals surface area contributed by atoms with Gasteiger partial charge in [-0.3, -0.25) is 0 Å². The number of hydrogen-bond donors (Lipinski definition) is 0. The summed E-state index contributed by atoms with van der Waals surface area (Å²) in [6.45, 7) is 4.04. The van der Waals surface area contributed by atoms with Gasteiger partial charge in [0.1, 0.15) is 0 Å². The summed E-state index contributed by atoms with van der Waals surface area (Å²) < 4.78 is 11.3. The highest BCUT2D eigenvalue weighted by Crippen LogP contribution is 2.37. The Morgan fingerprint density at radius 3 is 1.88 bits per heavy atom. The highest BCUT2D eigenvalue weighted by Gasteiger charge is 2.34. The standard InChI is InChI=1S/C18H20BrNO4/c1-4-23-17(21)14-10-20(3)11-15(18(22)24-5-2)16(14)12-6-8-13(19)9-7-12/h6-11,16H,4-5H2,1-3H3. The van der Waals surface area contributed by atoms with E-state index >= 15 is 0 Å². The summed E-state index contributed by atoms with van der Waals surface area (Å²) in [7, 11) is 1.76. The van der Waals surface area contributed by atoms with Gasteiger partial charge in [-0.2, -0.15) is 0 Å². The molecule has 5 nitrogen and oxygen atoms in total. The first-order chi connectivity index (χ1) is 11.5. The molecule has 0 radical (unpaired) electrons. The summed E-state index contributed by atoms with van der Waals surface area (Å²) in [6, 6.07) is 7.50. The summed E-state index contributed by atoms with van der Waals surface area (Å²) in [4.78, 5) is 26.5. The molecule has 128 valence electrons. The number of carbonyl (C=O) groups is 2. The van der Waals surface area contributed by atoms with Gasteiger partial charge in [-0.05, 0) is 31.5 Å². The molecule has 0 unspecified atom stereocenters. The van der Waals surface area contributed by atoms with Crippen LogP contribution in [0.5, 0.6) is 0 Å². The molecule has 1 aliphatic heterocycles. The summed E-state index contributed by atoms with van der Waals surface area (Å²) in [5, 5.41) is 0. The molecule has 0 atom stereocenters. The molecule has 0 N–H and O–H groups in total. The summed E-state index contributed by atoms with van der Waals surface area (Å²) in [5.74, 6) is -1.40. The second-order valence-corrected chi connectivity index (χ2v) is 6.18. The van der Waals surface area contributed by atoms with Crippen LogP contribution >= 0.6 is 15.9 Å². The molecule has 0 aliphatic carbocycles. The van der Waals surface area contributed by atoms with E-state index in [4.69, 9.17) is 9.47 Å². The van der Waals surface area contributed by atoms with Gasteiger partial charge in [0.05, 0.1) is 30.3 Å². The first kappa shape index (κ1) is 18.3. The number of ether oxygens (including phenoxy) is 2. The SMILES string of the molecule is CCOC(=O)C1=CN(C)C=C(C(=O)OCC)C1c1ccc(Br)cc1. The molecule has 1 aromatic carbocycles. The van der Waals surface area contributed by atoms with Gasteiger partial charge in [0.15, 0.2) is 0 Å². The Morgan fingerprint density at radius 2 is 1.46 bits per heavy atom. The fourth-order valence-corrected chi connectivity index (χ4v) is 2.84. The number of rotatable bonds is 5. The molecule has 0 aromatic heterocycles. The van der Waals surface area contributed by atoms with E-state index in [1.54, 1.807) is 38.2 Å². The highest BCUT2D eigenvalue weighted by atomic mass is 79.9. The van der Waals surface area contributed by atoms with Crippen LogP contribution in [-0.2, 0) is 19.1 Å². The van der Waals surface area contributed by atoms with E-state index in [9.17, 15) is 9.59 Å². The van der Waals surface area contributed by atoms with Crippen molar-refractivity contribution in [3.63, 3.8) is 0 Å². The van der Waals surface area contributed by atoms with Crippen LogP contribution in [0.2, 0.25) is 0 Å². The maximum absolute atomic E-state index is 12.4. The number of carbonyl (C=O) groups excluding carboxylic acids is 2. The average Bonchev–Trinajstić information content (AvgIpc) is 2.55. The maximum Gasteiger partial charge on any atom is 0.336 e. The van der Waals surface area contributed by atoms with Crippen molar-refractivity contribution in [3.05, 3.63) is 57.8 Å². The Balaban J connectivity index is 2.50. The molecule has 2 rings (SSSR count). The lowest BCUT2D eigenvalue weighted by Crippen LogP contribution is -2.28. The molecule has 1 heterocycles. The average molecular weight is 394 g/mol. The lowest BCUT2D eigenvalue weighted by atomic mass is 9.83. The van der Waals surface area contributed by atoms with Crippen LogP contribution in [0.15, 0.2) is 52.3 Å². The fourth-order valence-electron chi connectivity index (χ4n) is 2.58. The van der Waals surface area contributed by atoms with E-state index < -0.39 is 17.9 Å². The van der Waals surface area contributed by atoms with Crippen LogP contribution in [0.25, 0.3) is 0 Å². The van der Waals surface area contributed by atoms with Crippen LogP contribution in [0, 0.1) is 0 Å². The van der Waals surface area contributed by atoms with Crippen LogP contribution in [0.1, 0.15) is 25.3 Å². The molecular formula is C18H20BrNO4. The van der Waals surface area contributed by atoms with Crippen molar-refractivity contribution in [2.24, 2.45) is 0 Å². The third kappa shape index (κ3) is 4.06. The van der Waals surface area contributed by atoms with Crippen molar-refractivity contribution in [2.75, 3.05) is 20.3 Å². The number of nitrogens with zero attached hydrogens (tertiary/aromatic N) is 1. The number of halogens is 1. The van der Waals surface area contributed by atoms with Crippen LogP contribution in [0.4, 0.5) is 0 Å². The number of benzene rings is 1. The summed E-state index contributed by atoms with van der Waals surface area (Å²) in [5.41, 5.74) is 1.64. The second-order valence-electron chi connectivity index (χ2n) is 5.26. The minimum absolute atomic E-state index is 0.269. The fraction of sp³-hybridized carbons (Fsp3) is 0.333. The first-order valence-electron chi connectivity index (χ1n) is 7.73. The lowest BCUT2D eigenvalue weighted by molar-refractivity contribution is -0.139. The predicted molar refractivity (Wildman–Crippen MR) is 94.1 cm³/mol. The quantitative estimate of drug-likeness (QED) is 0.717. The van der Waals surface area contributed by atoms with E-state index in [1.807, 2.05) is 24.3 Å². The second kappa shape index (κ2) is 8.15. The molecule has 0 spiro atoms. The zero-order valence-corrected chi connectivity index (χ0v) is 15.5. The predicted octanol–water partition coefficient (Wildman–Crippen LogP) is 3.37. The first-order valence-corrected chi connectivity index (χ1v) is 8.52. The number of hydrogen-bond acceptors (Lipinski definition) is 5. The van der Waals surface area contributed by atoms with Crippen molar-refractivity contribution in [2.45, 2.75) is 19.8 Å². The van der Waals surface area contributed by atoms with Gasteiger partial charge in [-0.1, -0.05) is 28.1 Å². The molecule has 0 saturated carbocycles. The molecule has 0 fully saturated rings. The van der Waals surface area contributed by atoms with Crippen molar-refractivity contribution in [1.82, 2.24) is 4.90 Å². The Kier molecular flexibility index (Phi) is 6.20. The van der Waals surface area contributed by atoms with Crippen molar-refractivity contribution >= 4 is 27.9 Å². The molecular weight excluding hydrogens is 374 g/mol. The zero-order valence-electron chi connectivity index (χ0n) is 13.9. The van der Waals surface area contributed by atoms with E-state index in [1.165, 1.54) is 0 Å². The van der Waals surface area contributed by atoms with Crippen molar-refractivity contribution < 1.29 is 19.1 Å². The molecule has 1 aromatic rings. The van der Waals surface area contributed by atoms with Gasteiger partial charge < -0.3 is 14.4 Å². The Bertz CT molecular complexity index is 643. The topological polar surface area (TPSA) is 55.8 Å². The van der Waals surface area contributed by atoms with E-state index in [0.717, 1.165) is 10.0 Å². The summed E-state index contributed by atoms with van der Waals surface area (Å²) >= 11 is 3.40. The maximum atomic E-state index is 12.4. The lowest BCUT2D eigenvalue weighted by Gasteiger charge is -2.28. The largest absolute Gasteiger partial charge is 0.463 e.